The van der Waals surface area contributed by atoms with Crippen LogP contribution in [0.3, 0.4) is 0 Å². The van der Waals surface area contributed by atoms with Crippen LogP contribution in [-0.2, 0) is 16.6 Å². The number of nitrogens with two attached hydrogens (primary N) is 1. The zero-order valence-corrected chi connectivity index (χ0v) is 11.0. The molecule has 0 amide bonds. The Morgan fingerprint density at radius 3 is 2.80 bits per heavy atom. The van der Waals surface area contributed by atoms with Crippen molar-refractivity contribution in [3.8, 4) is 0 Å². The Morgan fingerprint density at radius 2 is 2.20 bits per heavy atom. The summed E-state index contributed by atoms with van der Waals surface area (Å²) >= 11 is 0. The highest BCUT2D eigenvalue weighted by atomic mass is 19.1. The van der Waals surface area contributed by atoms with E-state index in [0.717, 1.165) is 5.56 Å². The van der Waals surface area contributed by atoms with Crippen molar-refractivity contribution in [1.82, 2.24) is 4.98 Å². The van der Waals surface area contributed by atoms with Crippen LogP contribution < -0.4 is 5.73 Å². The molecule has 5 heteroatoms. The predicted molar refractivity (Wildman–Crippen MR) is 73.7 cm³/mol. The van der Waals surface area contributed by atoms with Crippen LogP contribution in [0.4, 0.5) is 10.1 Å². The van der Waals surface area contributed by atoms with Gasteiger partial charge in [0.15, 0.2) is 0 Å². The quantitative estimate of drug-likeness (QED) is 0.839. The minimum absolute atomic E-state index is 0.184. The standard InChI is InChI=1S/C15H15FN2O2/c1-15(14(19)20,8-10-3-2-6-18-9-10)12-7-11(16)4-5-13(12)17/h2-7,9H,8,17H2,1H3,(H,19,20). The summed E-state index contributed by atoms with van der Waals surface area (Å²) in [5.41, 5.74) is 5.80. The Hall–Kier alpha value is -2.43. The van der Waals surface area contributed by atoms with Gasteiger partial charge in [0.1, 0.15) is 5.82 Å². The van der Waals surface area contributed by atoms with Crippen molar-refractivity contribution in [3.63, 3.8) is 0 Å². The highest BCUT2D eigenvalue weighted by Crippen LogP contribution is 2.33. The minimum Gasteiger partial charge on any atom is -0.481 e. The molecule has 4 nitrogen and oxygen atoms in total. The fourth-order valence-electron chi connectivity index (χ4n) is 2.20. The molecule has 0 aliphatic carbocycles. The molecular formula is C15H15FN2O2. The number of benzene rings is 1. The summed E-state index contributed by atoms with van der Waals surface area (Å²) in [7, 11) is 0. The average Bonchev–Trinajstić information content (AvgIpc) is 2.42. The van der Waals surface area contributed by atoms with Crippen molar-refractivity contribution in [2.24, 2.45) is 0 Å². The lowest BCUT2D eigenvalue weighted by molar-refractivity contribution is -0.143. The molecule has 1 aromatic heterocycles. The summed E-state index contributed by atoms with van der Waals surface area (Å²) in [5, 5.41) is 9.56. The van der Waals surface area contributed by atoms with Gasteiger partial charge in [-0.15, -0.1) is 0 Å². The Kier molecular flexibility index (Phi) is 3.70. The first-order valence-electron chi connectivity index (χ1n) is 6.11. The number of carbonyl (C=O) groups is 1. The van der Waals surface area contributed by atoms with E-state index in [1.54, 1.807) is 24.5 Å². The molecule has 3 N–H and O–H groups in total. The fourth-order valence-corrected chi connectivity index (χ4v) is 2.20. The van der Waals surface area contributed by atoms with E-state index in [1.807, 2.05) is 0 Å². The topological polar surface area (TPSA) is 76.2 Å². The molecule has 0 aliphatic heterocycles. The van der Waals surface area contributed by atoms with E-state index in [9.17, 15) is 14.3 Å². The first-order chi connectivity index (χ1) is 9.43. The Labute approximate surface area is 116 Å². The van der Waals surface area contributed by atoms with Crippen molar-refractivity contribution in [2.45, 2.75) is 18.8 Å². The summed E-state index contributed by atoms with van der Waals surface area (Å²) < 4.78 is 13.4. The van der Waals surface area contributed by atoms with Gasteiger partial charge in [0.25, 0.3) is 0 Å². The number of nitrogen functional groups attached to an aromatic ring is 1. The number of halogens is 1. The van der Waals surface area contributed by atoms with E-state index in [0.29, 0.717) is 0 Å². The van der Waals surface area contributed by atoms with Crippen molar-refractivity contribution >= 4 is 11.7 Å². The summed E-state index contributed by atoms with van der Waals surface area (Å²) in [4.78, 5) is 15.7. The second-order valence-corrected chi connectivity index (χ2v) is 4.91. The Balaban J connectivity index is 2.49. The van der Waals surface area contributed by atoms with E-state index in [2.05, 4.69) is 4.98 Å². The first-order valence-corrected chi connectivity index (χ1v) is 6.11. The van der Waals surface area contributed by atoms with Crippen LogP contribution in [0.15, 0.2) is 42.7 Å². The molecule has 0 aliphatic rings. The molecule has 1 aromatic carbocycles. The molecule has 0 spiro atoms. The van der Waals surface area contributed by atoms with E-state index in [4.69, 9.17) is 5.73 Å². The van der Waals surface area contributed by atoms with Crippen LogP contribution in [0, 0.1) is 5.82 Å². The predicted octanol–water partition coefficient (Wildman–Crippen LogP) is 2.39. The van der Waals surface area contributed by atoms with E-state index in [1.165, 1.54) is 25.1 Å². The maximum Gasteiger partial charge on any atom is 0.314 e. The lowest BCUT2D eigenvalue weighted by Gasteiger charge is -2.26. The average molecular weight is 274 g/mol. The van der Waals surface area contributed by atoms with Crippen LogP contribution in [0.5, 0.6) is 0 Å². The van der Waals surface area contributed by atoms with Crippen LogP contribution in [0.2, 0.25) is 0 Å². The van der Waals surface area contributed by atoms with Gasteiger partial charge in [0, 0.05) is 18.1 Å². The highest BCUT2D eigenvalue weighted by molar-refractivity contribution is 5.83. The molecular weight excluding hydrogens is 259 g/mol. The van der Waals surface area contributed by atoms with E-state index < -0.39 is 17.2 Å². The van der Waals surface area contributed by atoms with Gasteiger partial charge in [0.2, 0.25) is 0 Å². The Bertz CT molecular complexity index is 631. The second kappa shape index (κ2) is 5.28. The van der Waals surface area contributed by atoms with Crippen LogP contribution >= 0.6 is 0 Å². The van der Waals surface area contributed by atoms with Crippen molar-refractivity contribution in [1.29, 1.82) is 0 Å². The van der Waals surface area contributed by atoms with E-state index >= 15 is 0 Å². The molecule has 1 heterocycles. The molecule has 1 atom stereocenters. The number of pyridine rings is 1. The molecule has 0 saturated carbocycles. The summed E-state index contributed by atoms with van der Waals surface area (Å²) in [6.07, 6.45) is 3.39. The van der Waals surface area contributed by atoms with E-state index in [-0.39, 0.29) is 17.7 Å². The number of carboxylic acids is 1. The zero-order valence-electron chi connectivity index (χ0n) is 11.0. The van der Waals surface area contributed by atoms with Gasteiger partial charge in [-0.2, -0.15) is 0 Å². The molecule has 1 unspecified atom stereocenters. The van der Waals surface area contributed by atoms with Crippen LogP contribution in [0.1, 0.15) is 18.1 Å². The number of aliphatic carboxylic acids is 1. The molecule has 2 aromatic rings. The third-order valence-electron chi connectivity index (χ3n) is 3.36. The van der Waals surface area contributed by atoms with Gasteiger partial charge in [-0.25, -0.2) is 4.39 Å². The summed E-state index contributed by atoms with van der Waals surface area (Å²) in [6.45, 7) is 1.54. The number of rotatable bonds is 4. The summed E-state index contributed by atoms with van der Waals surface area (Å²) in [6, 6.07) is 7.29. The SMILES string of the molecule is CC(Cc1cccnc1)(C(=O)O)c1cc(F)ccc1N. The van der Waals surface area contributed by atoms with Crippen molar-refractivity contribution in [3.05, 3.63) is 59.7 Å². The third-order valence-corrected chi connectivity index (χ3v) is 3.36. The lowest BCUT2D eigenvalue weighted by Crippen LogP contribution is -2.35. The number of hydrogen-bond donors (Lipinski definition) is 2. The normalized spacial score (nSPS) is 13.7. The monoisotopic (exact) mass is 274 g/mol. The molecule has 0 fully saturated rings. The molecule has 0 bridgehead atoms. The molecule has 0 radical (unpaired) electrons. The molecule has 0 saturated heterocycles. The van der Waals surface area contributed by atoms with Crippen LogP contribution in [0.25, 0.3) is 0 Å². The van der Waals surface area contributed by atoms with Gasteiger partial charge in [-0.3, -0.25) is 9.78 Å². The summed E-state index contributed by atoms with van der Waals surface area (Å²) in [5.74, 6) is -1.56. The molecule has 104 valence electrons. The Morgan fingerprint density at radius 1 is 1.45 bits per heavy atom. The number of nitrogens with zero attached hydrogens (tertiary/aromatic N) is 1. The van der Waals surface area contributed by atoms with Crippen LogP contribution in [-0.4, -0.2) is 16.1 Å². The molecule has 2 rings (SSSR count). The highest BCUT2D eigenvalue weighted by Gasteiger charge is 2.37. The largest absolute Gasteiger partial charge is 0.481 e. The molecule has 20 heavy (non-hydrogen) atoms. The van der Waals surface area contributed by atoms with Crippen molar-refractivity contribution < 1.29 is 14.3 Å². The van der Waals surface area contributed by atoms with Gasteiger partial charge in [0.05, 0.1) is 5.41 Å². The van der Waals surface area contributed by atoms with Gasteiger partial charge >= 0.3 is 5.97 Å². The number of carboxylic acid groups (broad SMARTS) is 1. The van der Waals surface area contributed by atoms with Crippen molar-refractivity contribution in [2.75, 3.05) is 5.73 Å². The van der Waals surface area contributed by atoms with Gasteiger partial charge in [-0.1, -0.05) is 6.07 Å². The maximum atomic E-state index is 13.4. The minimum atomic E-state index is -1.31. The third kappa shape index (κ3) is 2.61. The number of hydrogen-bond acceptors (Lipinski definition) is 3. The second-order valence-electron chi connectivity index (χ2n) is 4.91. The number of aromatic nitrogens is 1. The fraction of sp³-hybridized carbons (Fsp3) is 0.200. The van der Waals surface area contributed by atoms with Gasteiger partial charge in [-0.05, 0) is 48.7 Å². The smallest absolute Gasteiger partial charge is 0.314 e. The van der Waals surface area contributed by atoms with Gasteiger partial charge < -0.3 is 10.8 Å². The lowest BCUT2D eigenvalue weighted by atomic mass is 9.77. The first kappa shape index (κ1) is 14.0. The number of anilines is 1. The maximum absolute atomic E-state index is 13.4. The zero-order chi connectivity index (χ0) is 14.8.